The smallest absolute Gasteiger partial charge is 0.270 e. The van der Waals surface area contributed by atoms with Crippen molar-refractivity contribution in [2.45, 2.75) is 18.4 Å². The van der Waals surface area contributed by atoms with Crippen LogP contribution in [0, 0.1) is 6.92 Å². The van der Waals surface area contributed by atoms with Crippen molar-refractivity contribution in [3.63, 3.8) is 0 Å². The van der Waals surface area contributed by atoms with E-state index in [-0.39, 0.29) is 11.4 Å². The maximum Gasteiger partial charge on any atom is 0.270 e. The van der Waals surface area contributed by atoms with Crippen LogP contribution >= 0.6 is 0 Å². The monoisotopic (exact) mass is 301 g/mol. The SMILES string of the molecule is Cc1ccccc1S(=O)(=O)n1c(CN)nc2ccccc21. The maximum atomic E-state index is 13.0. The van der Waals surface area contributed by atoms with Gasteiger partial charge in [0.15, 0.2) is 0 Å². The lowest BCUT2D eigenvalue weighted by Gasteiger charge is -2.11. The van der Waals surface area contributed by atoms with E-state index >= 15 is 0 Å². The number of rotatable bonds is 3. The predicted molar refractivity (Wildman–Crippen MR) is 81.4 cm³/mol. The van der Waals surface area contributed by atoms with E-state index in [4.69, 9.17) is 5.73 Å². The molecule has 0 aliphatic rings. The van der Waals surface area contributed by atoms with Gasteiger partial charge in [-0.2, -0.15) is 0 Å². The molecule has 0 fully saturated rings. The number of fused-ring (bicyclic) bond motifs is 1. The van der Waals surface area contributed by atoms with Crippen LogP contribution in [0.1, 0.15) is 11.4 Å². The van der Waals surface area contributed by atoms with Crippen LogP contribution in [-0.4, -0.2) is 17.4 Å². The fourth-order valence-corrected chi connectivity index (χ4v) is 4.12. The van der Waals surface area contributed by atoms with Crippen LogP contribution in [0.25, 0.3) is 11.0 Å². The van der Waals surface area contributed by atoms with Crippen molar-refractivity contribution < 1.29 is 8.42 Å². The number of para-hydroxylation sites is 2. The number of hydrogen-bond donors (Lipinski definition) is 1. The molecule has 1 heterocycles. The Morgan fingerprint density at radius 1 is 1.10 bits per heavy atom. The average Bonchev–Trinajstić information content (AvgIpc) is 2.86. The number of aromatic nitrogens is 2. The molecule has 0 amide bonds. The zero-order valence-electron chi connectivity index (χ0n) is 11.5. The van der Waals surface area contributed by atoms with Crippen molar-refractivity contribution in [2.75, 3.05) is 0 Å². The van der Waals surface area contributed by atoms with E-state index in [9.17, 15) is 8.42 Å². The summed E-state index contributed by atoms with van der Waals surface area (Å²) in [5.41, 5.74) is 7.54. The Morgan fingerprint density at radius 3 is 2.48 bits per heavy atom. The van der Waals surface area contributed by atoms with Gasteiger partial charge in [-0.1, -0.05) is 30.3 Å². The molecule has 5 nitrogen and oxygen atoms in total. The lowest BCUT2D eigenvalue weighted by molar-refractivity contribution is 0.585. The molecule has 21 heavy (non-hydrogen) atoms. The third-order valence-electron chi connectivity index (χ3n) is 3.38. The molecular formula is C15H15N3O2S. The van der Waals surface area contributed by atoms with Gasteiger partial charge >= 0.3 is 0 Å². The zero-order valence-corrected chi connectivity index (χ0v) is 12.3. The van der Waals surface area contributed by atoms with Gasteiger partial charge in [-0.05, 0) is 30.7 Å². The third kappa shape index (κ3) is 2.12. The molecule has 0 radical (unpaired) electrons. The van der Waals surface area contributed by atoms with Gasteiger partial charge in [-0.3, -0.25) is 0 Å². The highest BCUT2D eigenvalue weighted by molar-refractivity contribution is 7.90. The summed E-state index contributed by atoms with van der Waals surface area (Å²) in [5, 5.41) is 0. The van der Waals surface area contributed by atoms with Crippen LogP contribution in [0.2, 0.25) is 0 Å². The van der Waals surface area contributed by atoms with Crippen molar-refractivity contribution >= 4 is 21.1 Å². The molecule has 0 bridgehead atoms. The van der Waals surface area contributed by atoms with Gasteiger partial charge in [0.1, 0.15) is 5.82 Å². The minimum absolute atomic E-state index is 0.0553. The Kier molecular flexibility index (Phi) is 3.27. The lowest BCUT2D eigenvalue weighted by atomic mass is 10.2. The van der Waals surface area contributed by atoms with Gasteiger partial charge in [0.2, 0.25) is 0 Å². The van der Waals surface area contributed by atoms with E-state index in [2.05, 4.69) is 4.98 Å². The Bertz CT molecular complexity index is 914. The molecule has 0 spiro atoms. The molecule has 1 aromatic heterocycles. The Morgan fingerprint density at radius 2 is 1.76 bits per heavy atom. The van der Waals surface area contributed by atoms with Gasteiger partial charge in [0.05, 0.1) is 22.5 Å². The standard InChI is InChI=1S/C15H15N3O2S/c1-11-6-2-5-9-14(11)21(19,20)18-13-8-4-3-7-12(13)17-15(18)10-16/h2-9H,10,16H2,1H3. The number of nitrogens with two attached hydrogens (primary N) is 1. The van der Waals surface area contributed by atoms with Crippen LogP contribution < -0.4 is 5.73 Å². The molecule has 0 saturated heterocycles. The van der Waals surface area contributed by atoms with Gasteiger partial charge < -0.3 is 5.73 Å². The fraction of sp³-hybridized carbons (Fsp3) is 0.133. The van der Waals surface area contributed by atoms with E-state index in [0.29, 0.717) is 22.4 Å². The number of hydrogen-bond acceptors (Lipinski definition) is 4. The lowest BCUT2D eigenvalue weighted by Crippen LogP contribution is -2.18. The Balaban J connectivity index is 2.36. The fourth-order valence-electron chi connectivity index (χ4n) is 2.39. The summed E-state index contributed by atoms with van der Waals surface area (Å²) in [6.07, 6.45) is 0. The summed E-state index contributed by atoms with van der Waals surface area (Å²) in [6.45, 7) is 1.83. The largest absolute Gasteiger partial charge is 0.324 e. The molecular weight excluding hydrogens is 286 g/mol. The third-order valence-corrected chi connectivity index (χ3v) is 5.28. The second-order valence-corrected chi connectivity index (χ2v) is 6.51. The molecule has 0 atom stereocenters. The molecule has 108 valence electrons. The van der Waals surface area contributed by atoms with Crippen LogP contribution in [0.3, 0.4) is 0 Å². The molecule has 2 N–H and O–H groups in total. The van der Waals surface area contributed by atoms with Crippen LogP contribution in [0.5, 0.6) is 0 Å². The highest BCUT2D eigenvalue weighted by Gasteiger charge is 2.24. The number of benzene rings is 2. The number of aryl methyl sites for hydroxylation is 1. The molecule has 0 aliphatic carbocycles. The predicted octanol–water partition coefficient (Wildman–Crippen LogP) is 2.04. The Hall–Kier alpha value is -2.18. The van der Waals surface area contributed by atoms with E-state index in [1.165, 1.54) is 3.97 Å². The molecule has 0 unspecified atom stereocenters. The quantitative estimate of drug-likeness (QED) is 0.803. The molecule has 3 aromatic rings. The Labute approximate surface area is 123 Å². The van der Waals surface area contributed by atoms with Crippen LogP contribution in [0.4, 0.5) is 0 Å². The van der Waals surface area contributed by atoms with E-state index in [1.807, 2.05) is 12.1 Å². The zero-order chi connectivity index (χ0) is 15.0. The number of imidazole rings is 1. The summed E-state index contributed by atoms with van der Waals surface area (Å²) in [7, 11) is -3.72. The van der Waals surface area contributed by atoms with Crippen LogP contribution in [0.15, 0.2) is 53.4 Å². The van der Waals surface area contributed by atoms with Gasteiger partial charge in [0.25, 0.3) is 10.0 Å². The maximum absolute atomic E-state index is 13.0. The van der Waals surface area contributed by atoms with Crippen molar-refractivity contribution in [1.29, 1.82) is 0 Å². The molecule has 2 aromatic carbocycles. The van der Waals surface area contributed by atoms with E-state index < -0.39 is 10.0 Å². The summed E-state index contributed by atoms with van der Waals surface area (Å²) >= 11 is 0. The molecule has 3 rings (SSSR count). The highest BCUT2D eigenvalue weighted by atomic mass is 32.2. The van der Waals surface area contributed by atoms with Gasteiger partial charge in [-0.25, -0.2) is 17.4 Å². The molecule has 0 aliphatic heterocycles. The minimum Gasteiger partial charge on any atom is -0.324 e. The average molecular weight is 301 g/mol. The second-order valence-electron chi connectivity index (χ2n) is 4.76. The first-order chi connectivity index (χ1) is 10.1. The summed E-state index contributed by atoms with van der Waals surface area (Å²) < 4.78 is 27.2. The first-order valence-electron chi connectivity index (χ1n) is 6.53. The minimum atomic E-state index is -3.72. The molecule has 0 saturated carbocycles. The van der Waals surface area contributed by atoms with Crippen molar-refractivity contribution in [2.24, 2.45) is 5.73 Å². The van der Waals surface area contributed by atoms with Crippen molar-refractivity contribution in [1.82, 2.24) is 8.96 Å². The van der Waals surface area contributed by atoms with E-state index in [1.54, 1.807) is 43.3 Å². The summed E-state index contributed by atoms with van der Waals surface area (Å²) in [4.78, 5) is 4.58. The summed E-state index contributed by atoms with van der Waals surface area (Å²) in [5.74, 6) is 0.333. The second kappa shape index (κ2) is 4.98. The first kappa shape index (κ1) is 13.8. The highest BCUT2D eigenvalue weighted by Crippen LogP contribution is 2.24. The van der Waals surface area contributed by atoms with Gasteiger partial charge in [-0.15, -0.1) is 0 Å². The molecule has 6 heteroatoms. The summed E-state index contributed by atoms with van der Waals surface area (Å²) in [6, 6.07) is 14.0. The van der Waals surface area contributed by atoms with Crippen LogP contribution in [-0.2, 0) is 16.6 Å². The van der Waals surface area contributed by atoms with E-state index in [0.717, 1.165) is 0 Å². The van der Waals surface area contributed by atoms with Crippen molar-refractivity contribution in [3.05, 3.63) is 59.9 Å². The first-order valence-corrected chi connectivity index (χ1v) is 7.97. The normalized spacial score (nSPS) is 11.9. The van der Waals surface area contributed by atoms with Gasteiger partial charge in [0, 0.05) is 0 Å². The topological polar surface area (TPSA) is 78.0 Å². The number of nitrogens with zero attached hydrogens (tertiary/aromatic N) is 2. The van der Waals surface area contributed by atoms with Crippen molar-refractivity contribution in [3.8, 4) is 0 Å².